The third-order valence-electron chi connectivity index (χ3n) is 2.72. The smallest absolute Gasteiger partial charge is 0.120 e. The fourth-order valence-corrected chi connectivity index (χ4v) is 1.86. The van der Waals surface area contributed by atoms with E-state index < -0.39 is 0 Å². The molecule has 0 aliphatic carbocycles. The highest BCUT2D eigenvalue weighted by Crippen LogP contribution is 2.26. The van der Waals surface area contributed by atoms with E-state index in [1.165, 1.54) is 0 Å². The van der Waals surface area contributed by atoms with Gasteiger partial charge in [0.2, 0.25) is 0 Å². The van der Waals surface area contributed by atoms with Gasteiger partial charge in [0.25, 0.3) is 0 Å². The molecule has 106 valence electrons. The van der Waals surface area contributed by atoms with Gasteiger partial charge in [-0.15, -0.1) is 0 Å². The van der Waals surface area contributed by atoms with Gasteiger partial charge in [-0.05, 0) is 35.4 Å². The summed E-state index contributed by atoms with van der Waals surface area (Å²) in [6.45, 7) is 0.551. The van der Waals surface area contributed by atoms with Crippen LogP contribution < -0.4 is 9.47 Å². The van der Waals surface area contributed by atoms with Gasteiger partial charge in [0.15, 0.2) is 0 Å². The van der Waals surface area contributed by atoms with Crippen molar-refractivity contribution in [2.24, 2.45) is 0 Å². The molecule has 20 heavy (non-hydrogen) atoms. The molecule has 0 atom stereocenters. The second-order valence-corrected chi connectivity index (χ2v) is 4.20. The molecule has 0 spiro atoms. The average molecular weight is 274 g/mol. The maximum Gasteiger partial charge on any atom is 0.120 e. The minimum absolute atomic E-state index is 0.00525. The summed E-state index contributed by atoms with van der Waals surface area (Å²) in [5, 5.41) is 17.5. The molecule has 0 radical (unpaired) electrons. The summed E-state index contributed by atoms with van der Waals surface area (Å²) in [5.74, 6) is 1.44. The summed E-state index contributed by atoms with van der Waals surface area (Å²) in [5.41, 5.74) is 2.02. The fourth-order valence-electron chi connectivity index (χ4n) is 1.86. The van der Waals surface area contributed by atoms with E-state index in [-0.39, 0.29) is 26.4 Å². The van der Waals surface area contributed by atoms with Gasteiger partial charge in [0, 0.05) is 0 Å². The van der Waals surface area contributed by atoms with Crippen molar-refractivity contribution in [2.45, 2.75) is 0 Å². The van der Waals surface area contributed by atoms with E-state index in [0.29, 0.717) is 0 Å². The van der Waals surface area contributed by atoms with Crippen molar-refractivity contribution in [3.63, 3.8) is 0 Å². The Labute approximate surface area is 118 Å². The first-order valence-electron chi connectivity index (χ1n) is 6.51. The van der Waals surface area contributed by atoms with Crippen LogP contribution in [0.1, 0.15) is 0 Å². The quantitative estimate of drug-likeness (QED) is 0.811. The predicted octanol–water partition coefficient (Wildman–Crippen LogP) is 2.10. The summed E-state index contributed by atoms with van der Waals surface area (Å²) >= 11 is 0. The lowest BCUT2D eigenvalue weighted by atomic mass is 10.1. The van der Waals surface area contributed by atoms with Crippen molar-refractivity contribution in [2.75, 3.05) is 26.4 Å². The fraction of sp³-hybridized carbons (Fsp3) is 0.250. The van der Waals surface area contributed by atoms with Gasteiger partial charge in [-0.25, -0.2) is 0 Å². The predicted molar refractivity (Wildman–Crippen MR) is 77.0 cm³/mol. The Morgan fingerprint density at radius 1 is 0.700 bits per heavy atom. The Hall–Kier alpha value is -2.04. The molecule has 0 aromatic heterocycles. The molecule has 2 rings (SSSR count). The Kier molecular flexibility index (Phi) is 5.41. The van der Waals surface area contributed by atoms with Crippen LogP contribution in [-0.2, 0) is 0 Å². The lowest BCUT2D eigenvalue weighted by Gasteiger charge is -2.09. The van der Waals surface area contributed by atoms with Crippen LogP contribution in [0.5, 0.6) is 11.5 Å². The Morgan fingerprint density at radius 2 is 1.15 bits per heavy atom. The molecule has 0 saturated carbocycles. The number of hydrogen-bond donors (Lipinski definition) is 2. The normalized spacial score (nSPS) is 10.3. The number of aliphatic hydroxyl groups excluding tert-OH is 2. The summed E-state index contributed by atoms with van der Waals surface area (Å²) in [4.78, 5) is 0. The van der Waals surface area contributed by atoms with Gasteiger partial charge in [0.1, 0.15) is 24.7 Å². The number of ether oxygens (including phenoxy) is 2. The van der Waals surface area contributed by atoms with Crippen LogP contribution in [0, 0.1) is 0 Å². The molecule has 0 saturated heterocycles. The average Bonchev–Trinajstić information content (AvgIpc) is 2.51. The molecule has 2 aromatic rings. The molecule has 0 heterocycles. The van der Waals surface area contributed by atoms with Gasteiger partial charge in [-0.3, -0.25) is 0 Å². The number of hydrogen-bond acceptors (Lipinski definition) is 4. The molecule has 0 fully saturated rings. The van der Waals surface area contributed by atoms with E-state index in [2.05, 4.69) is 0 Å². The lowest BCUT2D eigenvalue weighted by molar-refractivity contribution is 0.201. The van der Waals surface area contributed by atoms with E-state index in [4.69, 9.17) is 19.7 Å². The first-order chi connectivity index (χ1) is 9.83. The minimum Gasteiger partial charge on any atom is -0.491 e. The molecule has 0 aliphatic heterocycles. The van der Waals surface area contributed by atoms with Crippen LogP contribution in [0.25, 0.3) is 11.1 Å². The maximum atomic E-state index is 8.77. The number of rotatable bonds is 7. The molecular formula is C16H18O4. The van der Waals surface area contributed by atoms with Crippen molar-refractivity contribution in [3.8, 4) is 22.6 Å². The van der Waals surface area contributed by atoms with Crippen LogP contribution in [0.2, 0.25) is 0 Å². The van der Waals surface area contributed by atoms with Crippen molar-refractivity contribution < 1.29 is 19.7 Å². The van der Waals surface area contributed by atoms with Gasteiger partial charge in [-0.1, -0.05) is 24.3 Å². The third kappa shape index (κ3) is 3.98. The standard InChI is InChI=1S/C16H18O4/c17-7-9-19-15-5-1-3-13(11-15)14-4-2-6-16(12-14)20-10-8-18/h1-6,11-12,17-18H,7-10H2. The molecule has 0 aliphatic rings. The summed E-state index contributed by atoms with van der Waals surface area (Å²) in [6.07, 6.45) is 0. The van der Waals surface area contributed by atoms with Crippen LogP contribution >= 0.6 is 0 Å². The zero-order valence-electron chi connectivity index (χ0n) is 11.2. The molecular weight excluding hydrogens is 256 g/mol. The van der Waals surface area contributed by atoms with Crippen molar-refractivity contribution >= 4 is 0 Å². The first kappa shape index (κ1) is 14.4. The second kappa shape index (κ2) is 7.53. The molecule has 4 heteroatoms. The van der Waals surface area contributed by atoms with E-state index in [1.807, 2.05) is 48.5 Å². The van der Waals surface area contributed by atoms with Crippen molar-refractivity contribution in [3.05, 3.63) is 48.5 Å². The monoisotopic (exact) mass is 274 g/mol. The number of aliphatic hydroxyl groups is 2. The van der Waals surface area contributed by atoms with Gasteiger partial charge in [-0.2, -0.15) is 0 Å². The molecule has 2 aromatic carbocycles. The molecule has 0 bridgehead atoms. The highest BCUT2D eigenvalue weighted by Gasteiger charge is 2.02. The van der Waals surface area contributed by atoms with Crippen molar-refractivity contribution in [1.29, 1.82) is 0 Å². The summed E-state index contributed by atoms with van der Waals surface area (Å²) in [7, 11) is 0. The zero-order valence-corrected chi connectivity index (χ0v) is 11.2. The van der Waals surface area contributed by atoms with Crippen LogP contribution in [0.3, 0.4) is 0 Å². The van der Waals surface area contributed by atoms with Gasteiger partial charge < -0.3 is 19.7 Å². The first-order valence-corrected chi connectivity index (χ1v) is 6.51. The lowest BCUT2D eigenvalue weighted by Crippen LogP contribution is -2.02. The van der Waals surface area contributed by atoms with E-state index in [0.717, 1.165) is 22.6 Å². The van der Waals surface area contributed by atoms with Crippen molar-refractivity contribution in [1.82, 2.24) is 0 Å². The largest absolute Gasteiger partial charge is 0.491 e. The van der Waals surface area contributed by atoms with Gasteiger partial charge >= 0.3 is 0 Å². The molecule has 4 nitrogen and oxygen atoms in total. The minimum atomic E-state index is -0.00525. The number of benzene rings is 2. The van der Waals surface area contributed by atoms with E-state index in [9.17, 15) is 0 Å². The topological polar surface area (TPSA) is 58.9 Å². The van der Waals surface area contributed by atoms with Gasteiger partial charge in [0.05, 0.1) is 13.2 Å². The third-order valence-corrected chi connectivity index (χ3v) is 2.72. The van der Waals surface area contributed by atoms with Crippen LogP contribution in [-0.4, -0.2) is 36.6 Å². The molecule has 0 unspecified atom stereocenters. The van der Waals surface area contributed by atoms with E-state index in [1.54, 1.807) is 0 Å². The van der Waals surface area contributed by atoms with E-state index >= 15 is 0 Å². The summed E-state index contributed by atoms with van der Waals surface area (Å²) in [6, 6.07) is 15.3. The Balaban J connectivity index is 2.17. The molecule has 0 amide bonds. The Morgan fingerprint density at radius 3 is 1.55 bits per heavy atom. The maximum absolute atomic E-state index is 8.77. The highest BCUT2D eigenvalue weighted by molar-refractivity contribution is 5.66. The SMILES string of the molecule is OCCOc1cccc(-c2cccc(OCCO)c2)c1. The second-order valence-electron chi connectivity index (χ2n) is 4.20. The van der Waals surface area contributed by atoms with Crippen LogP contribution in [0.4, 0.5) is 0 Å². The summed E-state index contributed by atoms with van der Waals surface area (Å²) < 4.78 is 10.8. The molecule has 2 N–H and O–H groups in total. The van der Waals surface area contributed by atoms with Crippen LogP contribution in [0.15, 0.2) is 48.5 Å². The highest BCUT2D eigenvalue weighted by atomic mass is 16.5. The zero-order chi connectivity index (χ0) is 14.2. The Bertz CT molecular complexity index is 490.